The molecule has 0 unspecified atom stereocenters. The molecule has 2 atom stereocenters. The molecule has 0 radical (unpaired) electrons. The average Bonchev–Trinajstić information content (AvgIpc) is 3.18. The third-order valence-electron chi connectivity index (χ3n) is 3.56. The first kappa shape index (κ1) is 15.0. The molecular weight excluding hydrogens is 322 g/mol. The van der Waals surface area contributed by atoms with Crippen LogP contribution in [-0.2, 0) is 14.3 Å². The lowest BCUT2D eigenvalue weighted by Crippen LogP contribution is -2.51. The summed E-state index contributed by atoms with van der Waals surface area (Å²) < 4.78 is 5.70. The van der Waals surface area contributed by atoms with Crippen molar-refractivity contribution in [3.63, 3.8) is 0 Å². The number of hydrogen-bond donors (Lipinski definition) is 1. The zero-order chi connectivity index (χ0) is 14.9. The Morgan fingerprint density at radius 1 is 1.30 bits per heavy atom. The molecule has 20 heavy (non-hydrogen) atoms. The van der Waals surface area contributed by atoms with E-state index in [-0.39, 0.29) is 17.7 Å². The van der Waals surface area contributed by atoms with Crippen molar-refractivity contribution in [1.82, 2.24) is 5.32 Å². The summed E-state index contributed by atoms with van der Waals surface area (Å²) in [5.74, 6) is -0.336. The number of benzene rings is 1. The van der Waals surface area contributed by atoms with Crippen molar-refractivity contribution in [2.75, 3.05) is 7.11 Å². The third-order valence-corrected chi connectivity index (χ3v) is 4.09. The number of halogens is 1. The number of hydrogen-bond acceptors (Lipinski definition) is 3. The highest BCUT2D eigenvalue weighted by atomic mass is 79.9. The Morgan fingerprint density at radius 3 is 2.45 bits per heavy atom. The fraction of sp³-hybridized carbons (Fsp3) is 0.467. The van der Waals surface area contributed by atoms with E-state index in [0.717, 1.165) is 16.5 Å². The van der Waals surface area contributed by atoms with Gasteiger partial charge in [0.2, 0.25) is 5.91 Å². The van der Waals surface area contributed by atoms with Gasteiger partial charge < -0.3 is 10.1 Å². The number of amides is 1. The highest BCUT2D eigenvalue weighted by Crippen LogP contribution is 2.47. The van der Waals surface area contributed by atoms with E-state index < -0.39 is 11.5 Å². The number of ether oxygens (including phenoxy) is 1. The Balaban J connectivity index is 1.96. The van der Waals surface area contributed by atoms with Crippen LogP contribution in [0.4, 0.5) is 0 Å². The van der Waals surface area contributed by atoms with Gasteiger partial charge >= 0.3 is 5.97 Å². The van der Waals surface area contributed by atoms with Crippen LogP contribution in [0.5, 0.6) is 0 Å². The van der Waals surface area contributed by atoms with Gasteiger partial charge in [0.05, 0.1) is 7.11 Å². The van der Waals surface area contributed by atoms with Crippen LogP contribution in [-0.4, -0.2) is 24.5 Å². The van der Waals surface area contributed by atoms with Gasteiger partial charge in [-0.15, -0.1) is 0 Å². The van der Waals surface area contributed by atoms with Crippen LogP contribution in [0.3, 0.4) is 0 Å². The molecule has 1 aromatic rings. The summed E-state index contributed by atoms with van der Waals surface area (Å²) in [6.45, 7) is 3.29. The molecule has 5 heteroatoms. The predicted molar refractivity (Wildman–Crippen MR) is 79.2 cm³/mol. The summed E-state index contributed by atoms with van der Waals surface area (Å²) in [6.07, 6.45) is 0.824. The average molecular weight is 340 g/mol. The zero-order valence-corrected chi connectivity index (χ0v) is 13.4. The number of carbonyl (C=O) groups excluding carboxylic acids is 2. The van der Waals surface area contributed by atoms with E-state index in [1.54, 1.807) is 13.8 Å². The molecule has 1 N–H and O–H groups in total. The molecule has 2 rings (SSSR count). The summed E-state index contributed by atoms with van der Waals surface area (Å²) in [5.41, 5.74) is 0.169. The summed E-state index contributed by atoms with van der Waals surface area (Å²) in [4.78, 5) is 23.7. The van der Waals surface area contributed by atoms with Gasteiger partial charge in [-0.25, -0.2) is 4.79 Å². The van der Waals surface area contributed by atoms with Crippen LogP contribution in [0.1, 0.15) is 31.7 Å². The molecule has 0 aliphatic heterocycles. The Labute approximate surface area is 127 Å². The van der Waals surface area contributed by atoms with Crippen LogP contribution in [0.25, 0.3) is 0 Å². The van der Waals surface area contributed by atoms with Gasteiger partial charge in [-0.2, -0.15) is 0 Å². The minimum absolute atomic E-state index is 0.0555. The second-order valence-corrected chi connectivity index (χ2v) is 6.52. The first-order valence-corrected chi connectivity index (χ1v) is 7.30. The van der Waals surface area contributed by atoms with Crippen LogP contribution in [0.15, 0.2) is 28.7 Å². The topological polar surface area (TPSA) is 55.4 Å². The molecule has 0 bridgehead atoms. The molecule has 1 aliphatic rings. The third kappa shape index (κ3) is 3.20. The summed E-state index contributed by atoms with van der Waals surface area (Å²) in [7, 11) is 1.32. The van der Waals surface area contributed by atoms with Crippen molar-refractivity contribution in [1.29, 1.82) is 0 Å². The second kappa shape index (κ2) is 5.56. The zero-order valence-electron chi connectivity index (χ0n) is 11.8. The van der Waals surface area contributed by atoms with Gasteiger partial charge in [-0.1, -0.05) is 28.1 Å². The van der Waals surface area contributed by atoms with E-state index in [1.807, 2.05) is 24.3 Å². The number of methoxy groups -OCH3 is 1. The fourth-order valence-corrected chi connectivity index (χ4v) is 2.53. The standard InChI is InChI=1S/C15H18BrNO3/c1-15(2,14(19)20-3)17-13(18)12-8-11(12)9-4-6-10(16)7-5-9/h4-7,11-12H,8H2,1-3H3,(H,17,18)/t11-,12+/m0/s1. The Hall–Kier alpha value is -1.36. The quantitative estimate of drug-likeness (QED) is 0.858. The molecule has 108 valence electrons. The summed E-state index contributed by atoms with van der Waals surface area (Å²) in [5, 5.41) is 2.76. The SMILES string of the molecule is COC(=O)C(C)(C)NC(=O)[C@@H]1C[C@H]1c1ccc(Br)cc1. The molecule has 0 aromatic heterocycles. The molecule has 1 saturated carbocycles. The molecular formula is C15H18BrNO3. The Kier molecular flexibility index (Phi) is 4.18. The van der Waals surface area contributed by atoms with Crippen LogP contribution in [0.2, 0.25) is 0 Å². The summed E-state index contributed by atoms with van der Waals surface area (Å²) in [6, 6.07) is 7.99. The van der Waals surface area contributed by atoms with Gasteiger partial charge in [0.25, 0.3) is 0 Å². The fourth-order valence-electron chi connectivity index (χ4n) is 2.27. The highest BCUT2D eigenvalue weighted by Gasteiger charge is 2.46. The van der Waals surface area contributed by atoms with E-state index in [0.29, 0.717) is 0 Å². The van der Waals surface area contributed by atoms with Crippen LogP contribution in [0, 0.1) is 5.92 Å². The molecule has 1 fully saturated rings. The van der Waals surface area contributed by atoms with Crippen molar-refractivity contribution in [2.45, 2.75) is 31.7 Å². The lowest BCUT2D eigenvalue weighted by atomic mass is 10.0. The van der Waals surface area contributed by atoms with Gasteiger partial charge in [0, 0.05) is 10.4 Å². The monoisotopic (exact) mass is 339 g/mol. The van der Waals surface area contributed by atoms with Crippen molar-refractivity contribution < 1.29 is 14.3 Å². The van der Waals surface area contributed by atoms with E-state index in [1.165, 1.54) is 7.11 Å². The Morgan fingerprint density at radius 2 is 1.90 bits per heavy atom. The first-order chi connectivity index (χ1) is 9.35. The molecule has 0 spiro atoms. The smallest absolute Gasteiger partial charge is 0.330 e. The van der Waals surface area contributed by atoms with Crippen LogP contribution < -0.4 is 5.32 Å². The molecule has 0 heterocycles. The molecule has 1 amide bonds. The van der Waals surface area contributed by atoms with Gasteiger partial charge in [0.1, 0.15) is 5.54 Å². The molecule has 1 aromatic carbocycles. The van der Waals surface area contributed by atoms with E-state index in [4.69, 9.17) is 0 Å². The van der Waals surface area contributed by atoms with Gasteiger partial charge in [0.15, 0.2) is 0 Å². The Bertz CT molecular complexity index is 524. The van der Waals surface area contributed by atoms with E-state index in [9.17, 15) is 9.59 Å². The highest BCUT2D eigenvalue weighted by molar-refractivity contribution is 9.10. The largest absolute Gasteiger partial charge is 0.467 e. The normalized spacial score (nSPS) is 21.2. The van der Waals surface area contributed by atoms with Crippen LogP contribution >= 0.6 is 15.9 Å². The maximum atomic E-state index is 12.2. The maximum absolute atomic E-state index is 12.2. The maximum Gasteiger partial charge on any atom is 0.330 e. The van der Waals surface area contributed by atoms with Gasteiger partial charge in [-0.05, 0) is 43.9 Å². The number of esters is 1. The first-order valence-electron chi connectivity index (χ1n) is 6.51. The summed E-state index contributed by atoms with van der Waals surface area (Å²) >= 11 is 3.39. The number of rotatable bonds is 4. The minimum Gasteiger partial charge on any atom is -0.467 e. The van der Waals surface area contributed by atoms with E-state index in [2.05, 4.69) is 26.0 Å². The van der Waals surface area contributed by atoms with E-state index >= 15 is 0 Å². The molecule has 4 nitrogen and oxygen atoms in total. The number of carbonyl (C=O) groups is 2. The number of nitrogens with one attached hydrogen (secondary N) is 1. The molecule has 1 aliphatic carbocycles. The van der Waals surface area contributed by atoms with Gasteiger partial charge in [-0.3, -0.25) is 4.79 Å². The van der Waals surface area contributed by atoms with Crippen molar-refractivity contribution in [3.05, 3.63) is 34.3 Å². The predicted octanol–water partition coefficient (Wildman–Crippen LogP) is 2.62. The minimum atomic E-state index is -0.987. The lowest BCUT2D eigenvalue weighted by Gasteiger charge is -2.23. The van der Waals surface area contributed by atoms with Crippen molar-refractivity contribution in [3.8, 4) is 0 Å². The van der Waals surface area contributed by atoms with Crippen molar-refractivity contribution >= 4 is 27.8 Å². The van der Waals surface area contributed by atoms with Crippen molar-refractivity contribution in [2.24, 2.45) is 5.92 Å². The molecule has 0 saturated heterocycles. The second-order valence-electron chi connectivity index (χ2n) is 5.61. The lowest BCUT2D eigenvalue weighted by molar-refractivity contribution is -0.149.